The number of rotatable bonds is 4. The van der Waals surface area contributed by atoms with Crippen molar-refractivity contribution in [3.63, 3.8) is 0 Å². The zero-order valence-electron chi connectivity index (χ0n) is 9.19. The fourth-order valence-corrected chi connectivity index (χ4v) is 1.29. The Morgan fingerprint density at radius 3 is 2.00 bits per heavy atom. The van der Waals surface area contributed by atoms with Gasteiger partial charge in [-0.2, -0.15) is 22.0 Å². The number of nitro groups is 1. The van der Waals surface area contributed by atoms with Crippen molar-refractivity contribution < 1.29 is 32.0 Å². The van der Waals surface area contributed by atoms with E-state index in [1.54, 1.807) is 0 Å². The minimum absolute atomic E-state index is 0.0676. The van der Waals surface area contributed by atoms with Crippen molar-refractivity contribution in [3.05, 3.63) is 39.9 Å². The molecule has 0 radical (unpaired) electrons. The third-order valence-corrected chi connectivity index (χ3v) is 2.37. The number of non-ortho nitro benzene ring substituents is 1. The van der Waals surface area contributed by atoms with Crippen LogP contribution in [0.4, 0.5) is 27.6 Å². The summed E-state index contributed by atoms with van der Waals surface area (Å²) in [5.74, 6) is -5.24. The number of aliphatic hydroxyl groups excluding tert-OH is 1. The number of benzene rings is 1. The normalized spacial score (nSPS) is 14.2. The van der Waals surface area contributed by atoms with Gasteiger partial charge in [0.1, 0.15) is 6.10 Å². The first-order valence-corrected chi connectivity index (χ1v) is 4.91. The Balaban J connectivity index is 2.83. The van der Waals surface area contributed by atoms with Gasteiger partial charge in [0.2, 0.25) is 0 Å². The summed E-state index contributed by atoms with van der Waals surface area (Å²) < 4.78 is 61.3. The fourth-order valence-electron chi connectivity index (χ4n) is 1.29. The molecular weight excluding hydrogens is 277 g/mol. The summed E-state index contributed by atoms with van der Waals surface area (Å²) in [6.07, 6.45) is -9.77. The van der Waals surface area contributed by atoms with Crippen molar-refractivity contribution in [1.29, 1.82) is 0 Å². The zero-order chi connectivity index (χ0) is 14.8. The topological polar surface area (TPSA) is 63.4 Å². The van der Waals surface area contributed by atoms with Gasteiger partial charge in [0.25, 0.3) is 5.69 Å². The van der Waals surface area contributed by atoms with Gasteiger partial charge in [0.15, 0.2) is 0 Å². The van der Waals surface area contributed by atoms with E-state index in [1.807, 2.05) is 0 Å². The van der Waals surface area contributed by atoms with Crippen LogP contribution in [0.1, 0.15) is 5.56 Å². The lowest BCUT2D eigenvalue weighted by Gasteiger charge is -2.24. The molecule has 0 bridgehead atoms. The molecule has 0 spiro atoms. The van der Waals surface area contributed by atoms with Crippen LogP contribution in [0.25, 0.3) is 0 Å². The molecule has 0 aliphatic carbocycles. The minimum Gasteiger partial charge on any atom is -0.386 e. The molecule has 0 saturated carbocycles. The van der Waals surface area contributed by atoms with E-state index in [0.29, 0.717) is 0 Å². The summed E-state index contributed by atoms with van der Waals surface area (Å²) >= 11 is 0. The van der Waals surface area contributed by atoms with E-state index in [1.165, 1.54) is 0 Å². The molecule has 1 rings (SSSR count). The van der Waals surface area contributed by atoms with Crippen LogP contribution < -0.4 is 0 Å². The van der Waals surface area contributed by atoms with Gasteiger partial charge >= 0.3 is 12.1 Å². The molecule has 1 unspecified atom stereocenters. The third kappa shape index (κ3) is 3.37. The second-order valence-corrected chi connectivity index (χ2v) is 3.76. The van der Waals surface area contributed by atoms with Gasteiger partial charge < -0.3 is 5.11 Å². The fraction of sp³-hybridized carbons (Fsp3) is 0.400. The maximum atomic E-state index is 12.7. The van der Waals surface area contributed by atoms with E-state index in [4.69, 9.17) is 5.11 Å². The predicted molar refractivity (Wildman–Crippen MR) is 53.8 cm³/mol. The van der Waals surface area contributed by atoms with Crippen LogP contribution >= 0.6 is 0 Å². The molecule has 0 aliphatic rings. The largest absolute Gasteiger partial charge is 0.456 e. The first kappa shape index (κ1) is 15.3. The lowest BCUT2D eigenvalue weighted by Crippen LogP contribution is -2.47. The van der Waals surface area contributed by atoms with Crippen LogP contribution in [0.3, 0.4) is 0 Å². The summed E-state index contributed by atoms with van der Waals surface area (Å²) in [6, 6.07) is 3.92. The monoisotopic (exact) mass is 285 g/mol. The van der Waals surface area contributed by atoms with Crippen molar-refractivity contribution in [1.82, 2.24) is 0 Å². The smallest absolute Gasteiger partial charge is 0.386 e. The van der Waals surface area contributed by atoms with E-state index in [2.05, 4.69) is 0 Å². The quantitative estimate of drug-likeness (QED) is 0.525. The van der Waals surface area contributed by atoms with Gasteiger partial charge in [-0.1, -0.05) is 12.1 Å². The molecule has 0 heterocycles. The lowest BCUT2D eigenvalue weighted by molar-refractivity contribution is -0.384. The molecule has 1 N–H and O–H groups in total. The van der Waals surface area contributed by atoms with Gasteiger partial charge in [0.05, 0.1) is 4.92 Å². The first-order valence-electron chi connectivity index (χ1n) is 4.91. The van der Waals surface area contributed by atoms with E-state index in [0.717, 1.165) is 24.3 Å². The average molecular weight is 285 g/mol. The Morgan fingerprint density at radius 1 is 1.16 bits per heavy atom. The van der Waals surface area contributed by atoms with E-state index in [-0.39, 0.29) is 11.3 Å². The molecule has 19 heavy (non-hydrogen) atoms. The molecule has 4 nitrogen and oxygen atoms in total. The number of halogens is 5. The van der Waals surface area contributed by atoms with Crippen molar-refractivity contribution in [3.8, 4) is 0 Å². The van der Waals surface area contributed by atoms with Crippen LogP contribution in [-0.2, 0) is 6.42 Å². The van der Waals surface area contributed by atoms with Gasteiger partial charge in [-0.3, -0.25) is 10.1 Å². The van der Waals surface area contributed by atoms with Crippen molar-refractivity contribution in [2.45, 2.75) is 24.6 Å². The molecule has 1 aromatic carbocycles. The summed E-state index contributed by atoms with van der Waals surface area (Å²) in [6.45, 7) is 0. The summed E-state index contributed by atoms with van der Waals surface area (Å²) in [4.78, 5) is 9.57. The molecule has 1 atom stereocenters. The maximum absolute atomic E-state index is 12.7. The summed E-state index contributed by atoms with van der Waals surface area (Å²) in [5.41, 5.74) is -0.400. The van der Waals surface area contributed by atoms with Crippen LogP contribution in [0, 0.1) is 10.1 Å². The highest BCUT2D eigenvalue weighted by Gasteiger charge is 2.61. The Hall–Kier alpha value is -1.77. The molecule has 9 heteroatoms. The first-order chi connectivity index (χ1) is 8.55. The van der Waals surface area contributed by atoms with E-state index in [9.17, 15) is 32.1 Å². The van der Waals surface area contributed by atoms with Crippen LogP contribution in [-0.4, -0.2) is 28.2 Å². The highest BCUT2D eigenvalue weighted by Crippen LogP contribution is 2.39. The van der Waals surface area contributed by atoms with Gasteiger partial charge in [-0.05, 0) is 5.56 Å². The minimum atomic E-state index is -5.85. The second-order valence-electron chi connectivity index (χ2n) is 3.76. The predicted octanol–water partition coefficient (Wildman–Crippen LogP) is 2.70. The highest BCUT2D eigenvalue weighted by molar-refractivity contribution is 5.33. The Bertz CT molecular complexity index is 457. The number of alkyl halides is 5. The Labute approximate surface area is 103 Å². The van der Waals surface area contributed by atoms with Crippen molar-refractivity contribution in [2.75, 3.05) is 0 Å². The Kier molecular flexibility index (Phi) is 4.09. The summed E-state index contributed by atoms with van der Waals surface area (Å²) in [5, 5.41) is 19.3. The molecule has 0 fully saturated rings. The molecule has 0 saturated heterocycles. The third-order valence-electron chi connectivity index (χ3n) is 2.37. The van der Waals surface area contributed by atoms with Crippen molar-refractivity contribution in [2.24, 2.45) is 0 Å². The van der Waals surface area contributed by atoms with E-state index >= 15 is 0 Å². The number of hydrogen-bond acceptors (Lipinski definition) is 3. The lowest BCUT2D eigenvalue weighted by atomic mass is 10.0. The maximum Gasteiger partial charge on any atom is 0.456 e. The van der Waals surface area contributed by atoms with Crippen molar-refractivity contribution >= 4 is 5.69 Å². The number of aliphatic hydroxyl groups is 1. The average Bonchev–Trinajstić information content (AvgIpc) is 2.28. The highest BCUT2D eigenvalue weighted by atomic mass is 19.4. The molecule has 106 valence electrons. The number of nitrogens with zero attached hydrogens (tertiary/aromatic N) is 1. The molecule has 1 aromatic rings. The van der Waals surface area contributed by atoms with Gasteiger partial charge in [-0.15, -0.1) is 0 Å². The second kappa shape index (κ2) is 5.08. The zero-order valence-corrected chi connectivity index (χ0v) is 9.19. The molecule has 0 aromatic heterocycles. The molecular formula is C10H8F5NO3. The SMILES string of the molecule is O=[N+]([O-])c1ccc(CC(O)C(F)(F)C(F)(F)F)cc1. The van der Waals surface area contributed by atoms with E-state index < -0.39 is 29.5 Å². The number of nitro benzene ring substituents is 1. The van der Waals surface area contributed by atoms with Crippen LogP contribution in [0.2, 0.25) is 0 Å². The number of hydrogen-bond donors (Lipinski definition) is 1. The Morgan fingerprint density at radius 2 is 1.63 bits per heavy atom. The summed E-state index contributed by atoms with van der Waals surface area (Å²) in [7, 11) is 0. The standard InChI is InChI=1S/C10H8F5NO3/c11-9(12,10(13,14)15)8(17)5-6-1-3-7(4-2-6)16(18)19/h1-4,8,17H,5H2. The van der Waals surface area contributed by atoms with Crippen LogP contribution in [0.5, 0.6) is 0 Å². The van der Waals surface area contributed by atoms with Gasteiger partial charge in [-0.25, -0.2) is 0 Å². The molecule has 0 amide bonds. The van der Waals surface area contributed by atoms with Crippen LogP contribution in [0.15, 0.2) is 24.3 Å². The molecule has 0 aliphatic heterocycles. The van der Waals surface area contributed by atoms with Gasteiger partial charge in [0, 0.05) is 18.6 Å².